The van der Waals surface area contributed by atoms with Crippen LogP contribution in [0, 0.1) is 0 Å². The minimum atomic E-state index is -0.843. The number of nitrogens with zero attached hydrogens (tertiary/aromatic N) is 2. The number of allylic oxidation sites excluding steroid dienone is 1. The van der Waals surface area contributed by atoms with E-state index in [9.17, 15) is 14.0 Å². The van der Waals surface area contributed by atoms with Crippen LogP contribution >= 0.6 is 0 Å². The topological polar surface area (TPSA) is 75.4 Å². The molecule has 0 aliphatic carbocycles. The summed E-state index contributed by atoms with van der Waals surface area (Å²) in [5.41, 5.74) is 1.57. The third-order valence-electron chi connectivity index (χ3n) is 3.92. The molecule has 1 fully saturated rings. The first kappa shape index (κ1) is 16.2. The standard InChI is InChI=1S/C17H18FN3O3/c1-10(2)15(18)17(23)21-8-7-19-16(22)12(21)9-14-20-11-5-3-4-6-13(11)24-14/h3-6,12H,7-9H2,1-2H3,(H,19,22). The van der Waals surface area contributed by atoms with Crippen molar-refractivity contribution >= 4 is 22.9 Å². The van der Waals surface area contributed by atoms with Gasteiger partial charge >= 0.3 is 0 Å². The highest BCUT2D eigenvalue weighted by Crippen LogP contribution is 2.20. The van der Waals surface area contributed by atoms with Crippen LogP contribution in [0.1, 0.15) is 19.7 Å². The van der Waals surface area contributed by atoms with Gasteiger partial charge in [0.15, 0.2) is 17.3 Å². The Morgan fingerprint density at radius 3 is 2.88 bits per heavy atom. The number of carbonyl (C=O) groups is 2. The number of benzene rings is 1. The van der Waals surface area contributed by atoms with Gasteiger partial charge in [-0.15, -0.1) is 0 Å². The molecule has 2 aromatic rings. The Morgan fingerprint density at radius 1 is 1.42 bits per heavy atom. The number of nitrogens with one attached hydrogen (secondary N) is 1. The molecule has 1 saturated heterocycles. The first-order valence-corrected chi connectivity index (χ1v) is 7.73. The average molecular weight is 331 g/mol. The van der Waals surface area contributed by atoms with Crippen LogP contribution in [0.5, 0.6) is 0 Å². The molecule has 1 aromatic heterocycles. The molecule has 7 heteroatoms. The van der Waals surface area contributed by atoms with E-state index in [4.69, 9.17) is 4.42 Å². The van der Waals surface area contributed by atoms with Gasteiger partial charge in [0.05, 0.1) is 6.42 Å². The third kappa shape index (κ3) is 3.02. The Labute approximate surface area is 138 Å². The molecule has 24 heavy (non-hydrogen) atoms. The van der Waals surface area contributed by atoms with Gasteiger partial charge in [0.2, 0.25) is 5.91 Å². The maximum Gasteiger partial charge on any atom is 0.283 e. The number of fused-ring (bicyclic) bond motifs is 1. The minimum absolute atomic E-state index is 0.0995. The maximum atomic E-state index is 14.0. The summed E-state index contributed by atoms with van der Waals surface area (Å²) in [6.45, 7) is 3.58. The fraction of sp³-hybridized carbons (Fsp3) is 0.353. The second-order valence-corrected chi connectivity index (χ2v) is 5.90. The summed E-state index contributed by atoms with van der Waals surface area (Å²) >= 11 is 0. The number of para-hydroxylation sites is 2. The number of rotatable bonds is 3. The number of hydrogen-bond acceptors (Lipinski definition) is 4. The van der Waals surface area contributed by atoms with Crippen molar-refractivity contribution in [1.82, 2.24) is 15.2 Å². The zero-order chi connectivity index (χ0) is 17.3. The molecule has 1 atom stereocenters. The average Bonchev–Trinajstić information content (AvgIpc) is 2.97. The van der Waals surface area contributed by atoms with Crippen LogP contribution in [0.15, 0.2) is 40.1 Å². The second kappa shape index (κ2) is 6.43. The molecule has 2 amide bonds. The molecular formula is C17H18FN3O3. The maximum absolute atomic E-state index is 14.0. The highest BCUT2D eigenvalue weighted by Gasteiger charge is 2.36. The minimum Gasteiger partial charge on any atom is -0.441 e. The number of halogens is 1. The summed E-state index contributed by atoms with van der Waals surface area (Å²) < 4.78 is 19.6. The lowest BCUT2D eigenvalue weighted by atomic mass is 10.1. The van der Waals surface area contributed by atoms with E-state index in [1.165, 1.54) is 18.7 Å². The Bertz CT molecular complexity index is 790. The van der Waals surface area contributed by atoms with E-state index in [-0.39, 0.29) is 24.4 Å². The van der Waals surface area contributed by atoms with Crippen molar-refractivity contribution in [1.29, 1.82) is 0 Å². The fourth-order valence-electron chi connectivity index (χ4n) is 2.67. The molecule has 3 rings (SSSR count). The van der Waals surface area contributed by atoms with E-state index >= 15 is 0 Å². The summed E-state index contributed by atoms with van der Waals surface area (Å²) in [5.74, 6) is -1.59. The summed E-state index contributed by atoms with van der Waals surface area (Å²) in [4.78, 5) is 30.1. The summed E-state index contributed by atoms with van der Waals surface area (Å²) in [5, 5.41) is 2.70. The lowest BCUT2D eigenvalue weighted by Gasteiger charge is -2.34. The van der Waals surface area contributed by atoms with Gasteiger partial charge in [-0.25, -0.2) is 9.37 Å². The van der Waals surface area contributed by atoms with E-state index in [2.05, 4.69) is 10.3 Å². The molecule has 1 unspecified atom stereocenters. The number of hydrogen-bond donors (Lipinski definition) is 1. The predicted octanol–water partition coefficient (Wildman–Crippen LogP) is 1.96. The van der Waals surface area contributed by atoms with Crippen molar-refractivity contribution in [2.24, 2.45) is 0 Å². The molecule has 0 radical (unpaired) electrons. The van der Waals surface area contributed by atoms with Gasteiger partial charge in [0, 0.05) is 13.1 Å². The molecule has 1 aromatic carbocycles. The number of piperazine rings is 1. The molecule has 1 aliphatic rings. The van der Waals surface area contributed by atoms with Gasteiger partial charge < -0.3 is 14.6 Å². The summed E-state index contributed by atoms with van der Waals surface area (Å²) in [6, 6.07) is 6.39. The summed E-state index contributed by atoms with van der Waals surface area (Å²) in [6.07, 6.45) is 0.0995. The quantitative estimate of drug-likeness (QED) is 0.873. The lowest BCUT2D eigenvalue weighted by molar-refractivity contribution is -0.141. The molecule has 1 aliphatic heterocycles. The fourth-order valence-corrected chi connectivity index (χ4v) is 2.67. The number of oxazole rings is 1. The van der Waals surface area contributed by atoms with Crippen molar-refractivity contribution in [2.45, 2.75) is 26.3 Å². The Kier molecular flexibility index (Phi) is 4.33. The van der Waals surface area contributed by atoms with Gasteiger partial charge in [-0.2, -0.15) is 0 Å². The van der Waals surface area contributed by atoms with Crippen molar-refractivity contribution < 1.29 is 18.4 Å². The summed E-state index contributed by atoms with van der Waals surface area (Å²) in [7, 11) is 0. The van der Waals surface area contributed by atoms with Gasteiger partial charge in [0.25, 0.3) is 5.91 Å². The molecule has 0 spiro atoms. The Hall–Kier alpha value is -2.70. The van der Waals surface area contributed by atoms with E-state index in [0.717, 1.165) is 0 Å². The number of carbonyl (C=O) groups excluding carboxylic acids is 2. The van der Waals surface area contributed by atoms with Gasteiger partial charge in [0.1, 0.15) is 11.6 Å². The van der Waals surface area contributed by atoms with Crippen LogP contribution in [-0.2, 0) is 16.0 Å². The van der Waals surface area contributed by atoms with Gasteiger partial charge in [-0.3, -0.25) is 9.59 Å². The van der Waals surface area contributed by atoms with Gasteiger partial charge in [-0.05, 0) is 31.6 Å². The third-order valence-corrected chi connectivity index (χ3v) is 3.92. The SMILES string of the molecule is CC(C)=C(F)C(=O)N1CCNC(=O)C1Cc1nc2ccccc2o1. The first-order chi connectivity index (χ1) is 11.5. The number of amides is 2. The monoisotopic (exact) mass is 331 g/mol. The first-order valence-electron chi connectivity index (χ1n) is 7.73. The van der Waals surface area contributed by atoms with Crippen LogP contribution in [0.4, 0.5) is 4.39 Å². The van der Waals surface area contributed by atoms with Crippen molar-refractivity contribution in [3.63, 3.8) is 0 Å². The van der Waals surface area contributed by atoms with Crippen molar-refractivity contribution in [3.8, 4) is 0 Å². The lowest BCUT2D eigenvalue weighted by Crippen LogP contribution is -2.58. The van der Waals surface area contributed by atoms with E-state index < -0.39 is 17.8 Å². The van der Waals surface area contributed by atoms with E-state index in [0.29, 0.717) is 23.5 Å². The molecule has 2 heterocycles. The molecular weight excluding hydrogens is 313 g/mol. The Balaban J connectivity index is 1.88. The van der Waals surface area contributed by atoms with Crippen molar-refractivity contribution in [3.05, 3.63) is 41.6 Å². The second-order valence-electron chi connectivity index (χ2n) is 5.90. The molecule has 1 N–H and O–H groups in total. The van der Waals surface area contributed by atoms with E-state index in [1.807, 2.05) is 12.1 Å². The van der Waals surface area contributed by atoms with Crippen LogP contribution in [-0.4, -0.2) is 40.8 Å². The molecule has 0 saturated carbocycles. The van der Waals surface area contributed by atoms with Crippen LogP contribution < -0.4 is 5.32 Å². The molecule has 0 bridgehead atoms. The van der Waals surface area contributed by atoms with Crippen LogP contribution in [0.2, 0.25) is 0 Å². The zero-order valence-corrected chi connectivity index (χ0v) is 13.5. The zero-order valence-electron chi connectivity index (χ0n) is 13.5. The van der Waals surface area contributed by atoms with Crippen LogP contribution in [0.25, 0.3) is 11.1 Å². The smallest absolute Gasteiger partial charge is 0.283 e. The number of aromatic nitrogens is 1. The normalized spacial score (nSPS) is 17.7. The molecule has 126 valence electrons. The van der Waals surface area contributed by atoms with Gasteiger partial charge in [-0.1, -0.05) is 12.1 Å². The largest absolute Gasteiger partial charge is 0.441 e. The van der Waals surface area contributed by atoms with Crippen LogP contribution in [0.3, 0.4) is 0 Å². The Morgan fingerprint density at radius 2 is 2.17 bits per heavy atom. The predicted molar refractivity (Wildman–Crippen MR) is 85.7 cm³/mol. The van der Waals surface area contributed by atoms with Crippen molar-refractivity contribution in [2.75, 3.05) is 13.1 Å². The van der Waals surface area contributed by atoms with E-state index in [1.54, 1.807) is 12.1 Å². The molecule has 6 nitrogen and oxygen atoms in total. The highest BCUT2D eigenvalue weighted by atomic mass is 19.1. The highest BCUT2D eigenvalue weighted by molar-refractivity contribution is 5.96.